The van der Waals surface area contributed by atoms with Crippen molar-refractivity contribution in [2.24, 2.45) is 0 Å². The highest BCUT2D eigenvalue weighted by Gasteiger charge is 2.28. The number of aryl methyl sites for hydroxylation is 1. The molecule has 0 aliphatic heterocycles. The zero-order valence-corrected chi connectivity index (χ0v) is 13.2. The minimum absolute atomic E-state index is 0.152. The quantitative estimate of drug-likeness (QED) is 0.773. The van der Waals surface area contributed by atoms with Crippen LogP contribution in [-0.4, -0.2) is 21.2 Å². The van der Waals surface area contributed by atoms with Gasteiger partial charge in [-0.05, 0) is 36.8 Å². The minimum Gasteiger partial charge on any atom is -0.360 e. The Kier molecular flexibility index (Phi) is 3.45. The van der Waals surface area contributed by atoms with E-state index in [2.05, 4.69) is 20.6 Å². The number of amides is 1. The number of thiophene rings is 1. The summed E-state index contributed by atoms with van der Waals surface area (Å²) in [4.78, 5) is 16.9. The normalized spacial score (nSPS) is 14.1. The fourth-order valence-electron chi connectivity index (χ4n) is 2.18. The lowest BCUT2D eigenvalue weighted by atomic mass is 10.3. The summed E-state index contributed by atoms with van der Waals surface area (Å²) in [5, 5.41) is 12.5. The van der Waals surface area contributed by atoms with Gasteiger partial charge in [0.25, 0.3) is 5.91 Å². The molecular formula is C15H14N4O3S. The fourth-order valence-corrected chi connectivity index (χ4v) is 2.99. The highest BCUT2D eigenvalue weighted by atomic mass is 32.1. The summed E-state index contributed by atoms with van der Waals surface area (Å²) in [5.41, 5.74) is 1.62. The van der Waals surface area contributed by atoms with E-state index in [1.54, 1.807) is 0 Å². The molecule has 23 heavy (non-hydrogen) atoms. The lowest BCUT2D eigenvalue weighted by Gasteiger charge is -1.98. The van der Waals surface area contributed by atoms with Gasteiger partial charge in [-0.3, -0.25) is 4.79 Å². The zero-order chi connectivity index (χ0) is 15.8. The van der Waals surface area contributed by atoms with E-state index in [0.29, 0.717) is 28.2 Å². The van der Waals surface area contributed by atoms with Crippen LogP contribution in [0.1, 0.15) is 45.6 Å². The van der Waals surface area contributed by atoms with Crippen molar-refractivity contribution in [2.75, 3.05) is 0 Å². The van der Waals surface area contributed by atoms with Gasteiger partial charge < -0.3 is 14.4 Å². The van der Waals surface area contributed by atoms with E-state index in [9.17, 15) is 4.79 Å². The topological polar surface area (TPSA) is 94.1 Å². The molecule has 1 aliphatic rings. The fraction of sp³-hybridized carbons (Fsp3) is 0.333. The first kappa shape index (κ1) is 14.1. The standard InChI is InChI=1S/C15H14N4O3S/c1-8-4-12(23-7-8)15(20)16-6-13-17-14(19-22-13)10-5-11(21-18-10)9-2-3-9/h4-5,7,9H,2-3,6H2,1H3,(H,16,20). The van der Waals surface area contributed by atoms with Gasteiger partial charge in [0.15, 0.2) is 5.69 Å². The molecule has 0 saturated heterocycles. The van der Waals surface area contributed by atoms with Crippen LogP contribution in [-0.2, 0) is 6.54 Å². The van der Waals surface area contributed by atoms with Gasteiger partial charge in [-0.25, -0.2) is 0 Å². The molecule has 1 aliphatic carbocycles. The van der Waals surface area contributed by atoms with Crippen molar-refractivity contribution in [3.8, 4) is 11.5 Å². The Morgan fingerprint density at radius 2 is 2.22 bits per heavy atom. The molecular weight excluding hydrogens is 316 g/mol. The van der Waals surface area contributed by atoms with Crippen molar-refractivity contribution < 1.29 is 13.8 Å². The predicted octanol–water partition coefficient (Wildman–Crippen LogP) is 2.90. The van der Waals surface area contributed by atoms with Crippen LogP contribution in [0, 0.1) is 6.92 Å². The number of hydrogen-bond donors (Lipinski definition) is 1. The van der Waals surface area contributed by atoms with Crippen LogP contribution in [0.25, 0.3) is 11.5 Å². The number of carbonyl (C=O) groups is 1. The van der Waals surface area contributed by atoms with Crippen LogP contribution in [0.3, 0.4) is 0 Å². The molecule has 3 heterocycles. The van der Waals surface area contributed by atoms with Crippen LogP contribution in [0.2, 0.25) is 0 Å². The maximum absolute atomic E-state index is 12.0. The van der Waals surface area contributed by atoms with Gasteiger partial charge in [0.1, 0.15) is 5.76 Å². The second-order valence-corrected chi connectivity index (χ2v) is 6.48. The number of rotatable bonds is 5. The average molecular weight is 330 g/mol. The summed E-state index contributed by atoms with van der Waals surface area (Å²) in [6.45, 7) is 2.13. The average Bonchev–Trinajstić information content (AvgIpc) is 2.96. The van der Waals surface area contributed by atoms with Crippen molar-refractivity contribution in [1.29, 1.82) is 0 Å². The molecule has 0 aromatic carbocycles. The van der Waals surface area contributed by atoms with Crippen molar-refractivity contribution in [2.45, 2.75) is 32.2 Å². The van der Waals surface area contributed by atoms with Gasteiger partial charge in [-0.1, -0.05) is 10.3 Å². The van der Waals surface area contributed by atoms with Crippen LogP contribution < -0.4 is 5.32 Å². The second-order valence-electron chi connectivity index (χ2n) is 5.57. The van der Waals surface area contributed by atoms with E-state index >= 15 is 0 Å². The maximum Gasteiger partial charge on any atom is 0.261 e. The van der Waals surface area contributed by atoms with Crippen LogP contribution in [0.15, 0.2) is 26.6 Å². The number of hydrogen-bond acceptors (Lipinski definition) is 7. The summed E-state index contributed by atoms with van der Waals surface area (Å²) in [5.74, 6) is 1.90. The SMILES string of the molecule is Cc1csc(C(=O)NCc2nc(-c3cc(C4CC4)on3)no2)c1. The maximum atomic E-state index is 12.0. The molecule has 1 N–H and O–H groups in total. The van der Waals surface area contributed by atoms with Gasteiger partial charge in [0.2, 0.25) is 11.7 Å². The first-order valence-electron chi connectivity index (χ1n) is 7.32. The van der Waals surface area contributed by atoms with Gasteiger partial charge in [-0.2, -0.15) is 4.98 Å². The molecule has 8 heteroatoms. The van der Waals surface area contributed by atoms with E-state index in [4.69, 9.17) is 9.05 Å². The molecule has 7 nitrogen and oxygen atoms in total. The van der Waals surface area contributed by atoms with E-state index < -0.39 is 0 Å². The molecule has 3 aromatic rings. The first-order valence-corrected chi connectivity index (χ1v) is 8.20. The third-order valence-corrected chi connectivity index (χ3v) is 4.61. The monoisotopic (exact) mass is 330 g/mol. The molecule has 0 atom stereocenters. The van der Waals surface area contributed by atoms with Crippen molar-refractivity contribution in [3.63, 3.8) is 0 Å². The van der Waals surface area contributed by atoms with Crippen molar-refractivity contribution in [3.05, 3.63) is 39.6 Å². The van der Waals surface area contributed by atoms with Gasteiger partial charge in [-0.15, -0.1) is 11.3 Å². The summed E-state index contributed by atoms with van der Waals surface area (Å²) < 4.78 is 10.4. The molecule has 4 rings (SSSR count). The van der Waals surface area contributed by atoms with Crippen LogP contribution >= 0.6 is 11.3 Å². The Bertz CT molecular complexity index is 846. The summed E-state index contributed by atoms with van der Waals surface area (Å²) in [7, 11) is 0. The first-order chi connectivity index (χ1) is 11.2. The van der Waals surface area contributed by atoms with Crippen molar-refractivity contribution >= 4 is 17.2 Å². The molecule has 0 unspecified atom stereocenters. The summed E-state index contributed by atoms with van der Waals surface area (Å²) >= 11 is 1.41. The number of nitrogens with zero attached hydrogens (tertiary/aromatic N) is 3. The number of carbonyl (C=O) groups excluding carboxylic acids is 1. The molecule has 1 fully saturated rings. The zero-order valence-electron chi connectivity index (χ0n) is 12.4. The second kappa shape index (κ2) is 5.62. The third-order valence-electron chi connectivity index (χ3n) is 3.56. The molecule has 0 spiro atoms. The molecule has 1 saturated carbocycles. The van der Waals surface area contributed by atoms with E-state index in [0.717, 1.165) is 24.2 Å². The lowest BCUT2D eigenvalue weighted by molar-refractivity contribution is 0.0950. The number of nitrogens with one attached hydrogen (secondary N) is 1. The Balaban J connectivity index is 1.40. The highest BCUT2D eigenvalue weighted by molar-refractivity contribution is 7.12. The van der Waals surface area contributed by atoms with Gasteiger partial charge >= 0.3 is 0 Å². The lowest BCUT2D eigenvalue weighted by Crippen LogP contribution is -2.21. The van der Waals surface area contributed by atoms with Crippen LogP contribution in [0.4, 0.5) is 0 Å². The Morgan fingerprint density at radius 3 is 2.96 bits per heavy atom. The Hall–Kier alpha value is -2.48. The van der Waals surface area contributed by atoms with Crippen molar-refractivity contribution in [1.82, 2.24) is 20.6 Å². The number of aromatic nitrogens is 3. The van der Waals surface area contributed by atoms with Gasteiger partial charge in [0, 0.05) is 12.0 Å². The molecule has 0 radical (unpaired) electrons. The minimum atomic E-state index is -0.152. The smallest absolute Gasteiger partial charge is 0.261 e. The molecule has 0 bridgehead atoms. The molecule has 1 amide bonds. The summed E-state index contributed by atoms with van der Waals surface area (Å²) in [6.07, 6.45) is 2.28. The predicted molar refractivity (Wildman–Crippen MR) is 82.0 cm³/mol. The van der Waals surface area contributed by atoms with Gasteiger partial charge in [0.05, 0.1) is 11.4 Å². The summed E-state index contributed by atoms with van der Waals surface area (Å²) in [6, 6.07) is 3.69. The largest absolute Gasteiger partial charge is 0.360 e. The van der Waals surface area contributed by atoms with E-state index in [1.165, 1.54) is 11.3 Å². The molecule has 3 aromatic heterocycles. The Labute approximate surface area is 135 Å². The Morgan fingerprint density at radius 1 is 1.35 bits per heavy atom. The van der Waals surface area contributed by atoms with Crippen LogP contribution in [0.5, 0.6) is 0 Å². The van der Waals surface area contributed by atoms with E-state index in [1.807, 2.05) is 24.4 Å². The van der Waals surface area contributed by atoms with E-state index in [-0.39, 0.29) is 12.5 Å². The third kappa shape index (κ3) is 3.02. The molecule has 118 valence electrons. The highest BCUT2D eigenvalue weighted by Crippen LogP contribution is 2.40.